The summed E-state index contributed by atoms with van der Waals surface area (Å²) in [4.78, 5) is 11.7. The van der Waals surface area contributed by atoms with Gasteiger partial charge in [-0.2, -0.15) is 0 Å². The SMILES string of the molecule is CCNC(=O)c1ccccc1C(C)[S+]=O. The molecule has 3 nitrogen and oxygen atoms in total. The summed E-state index contributed by atoms with van der Waals surface area (Å²) in [6.07, 6.45) is 0. The smallest absolute Gasteiger partial charge is 0.352 e. The van der Waals surface area contributed by atoms with Crippen molar-refractivity contribution in [2.75, 3.05) is 6.54 Å². The van der Waals surface area contributed by atoms with E-state index in [-0.39, 0.29) is 11.2 Å². The Bertz CT molecular complexity index is 365. The summed E-state index contributed by atoms with van der Waals surface area (Å²) < 4.78 is 10.7. The topological polar surface area (TPSA) is 46.2 Å². The molecule has 0 aliphatic carbocycles. The van der Waals surface area contributed by atoms with Gasteiger partial charge in [-0.05, 0) is 13.0 Å². The van der Waals surface area contributed by atoms with Crippen LogP contribution in [0.5, 0.6) is 0 Å². The molecule has 0 fully saturated rings. The Morgan fingerprint density at radius 3 is 2.73 bits per heavy atom. The van der Waals surface area contributed by atoms with Crippen molar-refractivity contribution in [2.45, 2.75) is 19.1 Å². The van der Waals surface area contributed by atoms with Crippen molar-refractivity contribution in [3.8, 4) is 0 Å². The quantitative estimate of drug-likeness (QED) is 0.794. The molecule has 0 aliphatic rings. The van der Waals surface area contributed by atoms with Crippen LogP contribution in [0, 0.1) is 0 Å². The van der Waals surface area contributed by atoms with Crippen LogP contribution in [0.2, 0.25) is 0 Å². The van der Waals surface area contributed by atoms with Crippen molar-refractivity contribution in [3.63, 3.8) is 0 Å². The number of carbonyl (C=O) groups is 1. The Labute approximate surface area is 93.4 Å². The third-order valence-corrected chi connectivity index (χ3v) is 2.67. The second-order valence-corrected chi connectivity index (χ2v) is 4.08. The van der Waals surface area contributed by atoms with E-state index in [2.05, 4.69) is 5.32 Å². The van der Waals surface area contributed by atoms with E-state index < -0.39 is 0 Å². The third kappa shape index (κ3) is 2.83. The van der Waals surface area contributed by atoms with E-state index in [9.17, 15) is 9.00 Å². The zero-order valence-electron chi connectivity index (χ0n) is 8.82. The predicted molar refractivity (Wildman–Crippen MR) is 60.9 cm³/mol. The van der Waals surface area contributed by atoms with Gasteiger partial charge in [0.25, 0.3) is 11.2 Å². The van der Waals surface area contributed by atoms with Crippen LogP contribution in [-0.4, -0.2) is 12.5 Å². The number of amides is 1. The molecule has 0 spiro atoms. The van der Waals surface area contributed by atoms with E-state index in [0.717, 1.165) is 5.56 Å². The fourth-order valence-electron chi connectivity index (χ4n) is 1.37. The monoisotopic (exact) mass is 224 g/mol. The molecule has 1 aromatic rings. The maximum Gasteiger partial charge on any atom is 0.466 e. The van der Waals surface area contributed by atoms with Gasteiger partial charge in [0.15, 0.2) is 0 Å². The van der Waals surface area contributed by atoms with Crippen molar-refractivity contribution in [2.24, 2.45) is 0 Å². The number of nitrogens with one attached hydrogen (secondary N) is 1. The van der Waals surface area contributed by atoms with Gasteiger partial charge in [0.2, 0.25) is 0 Å². The Balaban J connectivity index is 3.05. The Morgan fingerprint density at radius 2 is 2.13 bits per heavy atom. The Hall–Kier alpha value is -1.29. The van der Waals surface area contributed by atoms with Crippen LogP contribution in [0.4, 0.5) is 0 Å². The molecule has 0 saturated heterocycles. The molecule has 0 aromatic heterocycles. The molecule has 1 amide bonds. The van der Waals surface area contributed by atoms with E-state index in [1.807, 2.05) is 19.1 Å². The van der Waals surface area contributed by atoms with Crippen LogP contribution < -0.4 is 5.32 Å². The minimum atomic E-state index is -0.205. The number of hydrogen-bond acceptors (Lipinski definition) is 2. The van der Waals surface area contributed by atoms with Crippen LogP contribution in [0.3, 0.4) is 0 Å². The highest BCUT2D eigenvalue weighted by atomic mass is 32.1. The first-order chi connectivity index (χ1) is 7.20. The van der Waals surface area contributed by atoms with Gasteiger partial charge in [0.1, 0.15) is 0 Å². The lowest BCUT2D eigenvalue weighted by molar-refractivity contribution is 0.0955. The van der Waals surface area contributed by atoms with E-state index >= 15 is 0 Å². The summed E-state index contributed by atoms with van der Waals surface area (Å²) in [6.45, 7) is 4.26. The Morgan fingerprint density at radius 1 is 1.47 bits per heavy atom. The van der Waals surface area contributed by atoms with Crippen LogP contribution in [0.15, 0.2) is 24.3 Å². The molecule has 1 N–H and O–H groups in total. The Kier molecular flexibility index (Phi) is 4.37. The van der Waals surface area contributed by atoms with Crippen molar-refractivity contribution in [1.29, 1.82) is 0 Å². The molecular weight excluding hydrogens is 210 g/mol. The predicted octanol–water partition coefficient (Wildman–Crippen LogP) is 1.93. The molecule has 1 unspecified atom stereocenters. The summed E-state index contributed by atoms with van der Waals surface area (Å²) in [5.41, 5.74) is 1.39. The van der Waals surface area contributed by atoms with Crippen LogP contribution >= 0.6 is 0 Å². The second kappa shape index (κ2) is 5.56. The summed E-state index contributed by atoms with van der Waals surface area (Å²) in [5, 5.41) is 2.53. The molecule has 0 saturated carbocycles. The fourth-order valence-corrected chi connectivity index (χ4v) is 1.68. The average molecular weight is 224 g/mol. The molecule has 80 valence electrons. The molecule has 1 rings (SSSR count). The van der Waals surface area contributed by atoms with E-state index in [1.54, 1.807) is 19.1 Å². The van der Waals surface area contributed by atoms with E-state index in [0.29, 0.717) is 23.8 Å². The number of rotatable bonds is 4. The standard InChI is InChI=1S/C11H13NO2S/c1-3-12-11(13)10-7-5-4-6-9(10)8(2)15-14/h4-8H,3H2,1-2H3/p+1. The highest BCUT2D eigenvalue weighted by Crippen LogP contribution is 2.19. The van der Waals surface area contributed by atoms with E-state index in [1.165, 1.54) is 0 Å². The van der Waals surface area contributed by atoms with Gasteiger partial charge in [-0.25, -0.2) is 0 Å². The second-order valence-electron chi connectivity index (χ2n) is 3.19. The van der Waals surface area contributed by atoms with Gasteiger partial charge >= 0.3 is 11.7 Å². The molecular formula is C11H14NO2S+. The summed E-state index contributed by atoms with van der Waals surface area (Å²) in [6, 6.07) is 7.20. The lowest BCUT2D eigenvalue weighted by Crippen LogP contribution is -2.24. The average Bonchev–Trinajstić information content (AvgIpc) is 2.28. The van der Waals surface area contributed by atoms with Crippen molar-refractivity contribution < 1.29 is 9.00 Å². The van der Waals surface area contributed by atoms with Gasteiger partial charge in [-0.15, -0.1) is 0 Å². The molecule has 15 heavy (non-hydrogen) atoms. The molecule has 0 bridgehead atoms. The van der Waals surface area contributed by atoms with Gasteiger partial charge in [0, 0.05) is 28.8 Å². The maximum atomic E-state index is 11.7. The highest BCUT2D eigenvalue weighted by Gasteiger charge is 2.23. The first-order valence-electron chi connectivity index (χ1n) is 4.86. The maximum absolute atomic E-state index is 11.7. The minimum Gasteiger partial charge on any atom is -0.352 e. The normalized spacial score (nSPS) is 11.9. The van der Waals surface area contributed by atoms with Gasteiger partial charge < -0.3 is 5.32 Å². The first kappa shape index (κ1) is 11.8. The van der Waals surface area contributed by atoms with Crippen molar-refractivity contribution in [1.82, 2.24) is 5.32 Å². The third-order valence-electron chi connectivity index (χ3n) is 2.13. The number of carbonyl (C=O) groups excluding carboxylic acids is 1. The largest absolute Gasteiger partial charge is 0.466 e. The van der Waals surface area contributed by atoms with Crippen molar-refractivity contribution in [3.05, 3.63) is 35.4 Å². The van der Waals surface area contributed by atoms with Gasteiger partial charge in [0.05, 0.1) is 0 Å². The molecule has 1 aromatic carbocycles. The lowest BCUT2D eigenvalue weighted by Gasteiger charge is -2.06. The summed E-state index contributed by atoms with van der Waals surface area (Å²) in [5.74, 6) is -0.117. The zero-order valence-corrected chi connectivity index (χ0v) is 9.64. The van der Waals surface area contributed by atoms with Gasteiger partial charge in [-0.3, -0.25) is 4.79 Å². The van der Waals surface area contributed by atoms with E-state index in [4.69, 9.17) is 0 Å². The van der Waals surface area contributed by atoms with Crippen molar-refractivity contribution >= 4 is 17.6 Å². The van der Waals surface area contributed by atoms with Gasteiger partial charge in [-0.1, -0.05) is 18.2 Å². The number of benzene rings is 1. The fraction of sp³-hybridized carbons (Fsp3) is 0.364. The molecule has 0 heterocycles. The van der Waals surface area contributed by atoms with Crippen LogP contribution in [0.1, 0.15) is 35.0 Å². The molecule has 0 aliphatic heterocycles. The molecule has 1 atom stereocenters. The minimum absolute atomic E-state index is 0.117. The first-order valence-corrected chi connectivity index (χ1v) is 5.67. The number of hydrogen-bond donors (Lipinski definition) is 1. The van der Waals surface area contributed by atoms with Crippen LogP contribution in [-0.2, 0) is 15.9 Å². The molecule has 0 radical (unpaired) electrons. The lowest BCUT2D eigenvalue weighted by atomic mass is 10.0. The summed E-state index contributed by atoms with van der Waals surface area (Å²) in [7, 11) is 0. The van der Waals surface area contributed by atoms with Crippen LogP contribution in [0.25, 0.3) is 0 Å². The highest BCUT2D eigenvalue weighted by molar-refractivity contribution is 7.65. The summed E-state index contributed by atoms with van der Waals surface area (Å²) >= 11 is 0.498. The zero-order chi connectivity index (χ0) is 11.3. The molecule has 4 heteroatoms.